The highest BCUT2D eigenvalue weighted by Crippen LogP contribution is 2.38. The number of benzene rings is 1. The van der Waals surface area contributed by atoms with Gasteiger partial charge in [0.25, 0.3) is 0 Å². The molecule has 1 aliphatic rings. The van der Waals surface area contributed by atoms with Crippen molar-refractivity contribution in [1.82, 2.24) is 0 Å². The summed E-state index contributed by atoms with van der Waals surface area (Å²) in [5, 5.41) is 7.39. The fourth-order valence-electron chi connectivity index (χ4n) is 3.49. The molecule has 0 atom stereocenters. The van der Waals surface area contributed by atoms with Gasteiger partial charge in [-0.25, -0.2) is 9.59 Å². The zero-order valence-corrected chi connectivity index (χ0v) is 19.7. The summed E-state index contributed by atoms with van der Waals surface area (Å²) in [7, 11) is 0. The van der Waals surface area contributed by atoms with Crippen LogP contribution in [0.5, 0.6) is 0 Å². The van der Waals surface area contributed by atoms with Crippen molar-refractivity contribution in [2.45, 2.75) is 59.0 Å². The lowest BCUT2D eigenvalue weighted by Crippen LogP contribution is -2.20. The number of carbonyl (C=O) groups excluding carboxylic acids is 2. The van der Waals surface area contributed by atoms with E-state index in [9.17, 15) is 9.59 Å². The van der Waals surface area contributed by atoms with Crippen LogP contribution in [0.1, 0.15) is 71.2 Å². The Morgan fingerprint density at radius 2 is 1.77 bits per heavy atom. The van der Waals surface area contributed by atoms with E-state index in [0.717, 1.165) is 41.9 Å². The Morgan fingerprint density at radius 3 is 2.45 bits per heavy atom. The SMILES string of the molecule is CCOC(=O)c1c(NC(=S)Nc2ccc(C(=O)OC(C)C)cc2)sc2c1CCCCC2. The molecule has 166 valence electrons. The summed E-state index contributed by atoms with van der Waals surface area (Å²) in [6, 6.07) is 6.90. The first-order chi connectivity index (χ1) is 14.9. The lowest BCUT2D eigenvalue weighted by molar-refractivity contribution is 0.0377. The molecule has 8 heteroatoms. The maximum atomic E-state index is 12.7. The zero-order chi connectivity index (χ0) is 22.4. The number of hydrogen-bond donors (Lipinski definition) is 2. The highest BCUT2D eigenvalue weighted by atomic mass is 32.1. The van der Waals surface area contributed by atoms with Crippen molar-refractivity contribution in [3.63, 3.8) is 0 Å². The quantitative estimate of drug-likeness (QED) is 0.332. The lowest BCUT2D eigenvalue weighted by atomic mass is 10.1. The number of esters is 2. The molecule has 0 aliphatic heterocycles. The summed E-state index contributed by atoms with van der Waals surface area (Å²) >= 11 is 7.06. The minimum atomic E-state index is -0.360. The van der Waals surface area contributed by atoms with Crippen LogP contribution in [0.2, 0.25) is 0 Å². The van der Waals surface area contributed by atoms with Gasteiger partial charge in [-0.3, -0.25) is 0 Å². The monoisotopic (exact) mass is 460 g/mol. The third-order valence-electron chi connectivity index (χ3n) is 4.85. The van der Waals surface area contributed by atoms with E-state index < -0.39 is 0 Å². The molecule has 1 heterocycles. The highest BCUT2D eigenvalue weighted by Gasteiger charge is 2.26. The number of hydrogen-bond acceptors (Lipinski definition) is 6. The molecule has 31 heavy (non-hydrogen) atoms. The fraction of sp³-hybridized carbons (Fsp3) is 0.435. The van der Waals surface area contributed by atoms with E-state index >= 15 is 0 Å². The molecule has 1 aromatic heterocycles. The van der Waals surface area contributed by atoms with Crippen molar-refractivity contribution in [2.75, 3.05) is 17.2 Å². The second-order valence-electron chi connectivity index (χ2n) is 7.60. The molecule has 0 spiro atoms. The van der Waals surface area contributed by atoms with Crippen LogP contribution >= 0.6 is 23.6 Å². The zero-order valence-electron chi connectivity index (χ0n) is 18.1. The molecule has 3 rings (SSSR count). The van der Waals surface area contributed by atoms with E-state index in [1.807, 2.05) is 20.8 Å². The van der Waals surface area contributed by atoms with Crippen molar-refractivity contribution >= 4 is 51.3 Å². The standard InChI is InChI=1S/C23H28N2O4S2/c1-4-28-22(27)19-17-8-6-5-7-9-18(17)31-20(19)25-23(30)24-16-12-10-15(11-13-16)21(26)29-14(2)3/h10-14H,4-9H2,1-3H3,(H2,24,25,30). The summed E-state index contributed by atoms with van der Waals surface area (Å²) in [6.07, 6.45) is 5.06. The number of rotatable bonds is 6. The van der Waals surface area contributed by atoms with Crippen LogP contribution in [0.3, 0.4) is 0 Å². The summed E-state index contributed by atoms with van der Waals surface area (Å²) in [5.74, 6) is -0.665. The van der Waals surface area contributed by atoms with Crippen LogP contribution in [-0.2, 0) is 22.3 Å². The first-order valence-electron chi connectivity index (χ1n) is 10.6. The minimum Gasteiger partial charge on any atom is -0.462 e. The first kappa shape index (κ1) is 23.2. The number of thiophene rings is 1. The van der Waals surface area contributed by atoms with E-state index in [1.54, 1.807) is 35.6 Å². The molecule has 1 aromatic carbocycles. The van der Waals surface area contributed by atoms with Gasteiger partial charge in [-0.05, 0) is 88.5 Å². The van der Waals surface area contributed by atoms with E-state index in [-0.39, 0.29) is 18.0 Å². The molecule has 0 radical (unpaired) electrons. The van der Waals surface area contributed by atoms with Crippen LogP contribution in [0.25, 0.3) is 0 Å². The molecule has 1 aliphatic carbocycles. The molecule has 2 aromatic rings. The van der Waals surface area contributed by atoms with Crippen LogP contribution in [-0.4, -0.2) is 29.8 Å². The van der Waals surface area contributed by atoms with E-state index in [4.69, 9.17) is 21.7 Å². The second-order valence-corrected chi connectivity index (χ2v) is 9.11. The van der Waals surface area contributed by atoms with E-state index in [0.29, 0.717) is 22.8 Å². The Morgan fingerprint density at radius 1 is 1.06 bits per heavy atom. The minimum absolute atomic E-state index is 0.170. The molecule has 0 fully saturated rings. The van der Waals surface area contributed by atoms with E-state index in [2.05, 4.69) is 10.6 Å². The molecular weight excluding hydrogens is 432 g/mol. The van der Waals surface area contributed by atoms with Gasteiger partial charge < -0.3 is 20.1 Å². The molecule has 6 nitrogen and oxygen atoms in total. The van der Waals surface area contributed by atoms with Gasteiger partial charge in [0, 0.05) is 10.6 Å². The molecule has 0 unspecified atom stereocenters. The van der Waals surface area contributed by atoms with Crippen molar-refractivity contribution in [3.05, 3.63) is 45.8 Å². The van der Waals surface area contributed by atoms with Crippen molar-refractivity contribution in [1.29, 1.82) is 0 Å². The first-order valence-corrected chi connectivity index (χ1v) is 11.8. The van der Waals surface area contributed by atoms with Gasteiger partial charge in [-0.1, -0.05) is 6.42 Å². The Balaban J connectivity index is 1.73. The topological polar surface area (TPSA) is 76.7 Å². The summed E-state index contributed by atoms with van der Waals surface area (Å²) in [4.78, 5) is 25.9. The Hall–Kier alpha value is -2.45. The Kier molecular flexibility index (Phi) is 8.03. The van der Waals surface area contributed by atoms with Crippen LogP contribution in [0.4, 0.5) is 10.7 Å². The third-order valence-corrected chi connectivity index (χ3v) is 6.26. The normalized spacial score (nSPS) is 13.2. The van der Waals surface area contributed by atoms with Crippen LogP contribution in [0, 0.1) is 0 Å². The molecule has 0 bridgehead atoms. The second kappa shape index (κ2) is 10.7. The predicted molar refractivity (Wildman–Crippen MR) is 128 cm³/mol. The van der Waals surface area contributed by atoms with Gasteiger partial charge in [0.05, 0.1) is 23.8 Å². The smallest absolute Gasteiger partial charge is 0.341 e. The Labute approximate surface area is 192 Å². The maximum absolute atomic E-state index is 12.7. The number of ether oxygens (including phenoxy) is 2. The van der Waals surface area contributed by atoms with Crippen molar-refractivity contribution < 1.29 is 19.1 Å². The average molecular weight is 461 g/mol. The number of carbonyl (C=O) groups is 2. The summed E-state index contributed by atoms with van der Waals surface area (Å²) in [6.45, 7) is 5.76. The maximum Gasteiger partial charge on any atom is 0.341 e. The van der Waals surface area contributed by atoms with Crippen molar-refractivity contribution in [2.24, 2.45) is 0 Å². The number of nitrogens with one attached hydrogen (secondary N) is 2. The Bertz CT molecular complexity index is 951. The number of fused-ring (bicyclic) bond motifs is 1. The average Bonchev–Trinajstić information content (AvgIpc) is 2.88. The predicted octanol–water partition coefficient (Wildman–Crippen LogP) is 5.57. The van der Waals surface area contributed by atoms with Gasteiger partial charge in [-0.2, -0.15) is 0 Å². The molecule has 0 amide bonds. The molecule has 2 N–H and O–H groups in total. The van der Waals surface area contributed by atoms with Crippen molar-refractivity contribution in [3.8, 4) is 0 Å². The molecule has 0 saturated heterocycles. The number of anilines is 2. The highest BCUT2D eigenvalue weighted by molar-refractivity contribution is 7.80. The van der Waals surface area contributed by atoms with E-state index in [1.165, 1.54) is 11.3 Å². The molecule has 0 saturated carbocycles. The number of aryl methyl sites for hydroxylation is 1. The lowest BCUT2D eigenvalue weighted by Gasteiger charge is -2.12. The van der Waals surface area contributed by atoms with Gasteiger partial charge in [0.2, 0.25) is 0 Å². The third kappa shape index (κ3) is 6.04. The summed E-state index contributed by atoms with van der Waals surface area (Å²) < 4.78 is 10.5. The summed E-state index contributed by atoms with van der Waals surface area (Å²) in [5.41, 5.74) is 2.91. The van der Waals surface area contributed by atoms with Gasteiger partial charge in [0.15, 0.2) is 5.11 Å². The van der Waals surface area contributed by atoms with Gasteiger partial charge in [0.1, 0.15) is 5.00 Å². The van der Waals surface area contributed by atoms with Crippen LogP contribution < -0.4 is 10.6 Å². The largest absolute Gasteiger partial charge is 0.462 e. The van der Waals surface area contributed by atoms with Gasteiger partial charge in [-0.15, -0.1) is 11.3 Å². The fourth-order valence-corrected chi connectivity index (χ4v) is 5.05. The van der Waals surface area contributed by atoms with Crippen LogP contribution in [0.15, 0.2) is 24.3 Å². The van der Waals surface area contributed by atoms with Gasteiger partial charge >= 0.3 is 11.9 Å². The molecular formula is C23H28N2O4S2. The number of thiocarbonyl (C=S) groups is 1.